The molecule has 2 heterocycles. The number of esters is 1. The molecule has 11 nitrogen and oxygen atoms in total. The second-order valence-corrected chi connectivity index (χ2v) is 12.5. The van der Waals surface area contributed by atoms with Crippen LogP contribution in [0, 0.1) is 3.57 Å². The van der Waals surface area contributed by atoms with Crippen LogP contribution in [0.4, 0.5) is 0 Å². The normalized spacial score (nSPS) is 24.3. The van der Waals surface area contributed by atoms with Crippen molar-refractivity contribution in [2.45, 2.75) is 63.5 Å². The lowest BCUT2D eigenvalue weighted by Gasteiger charge is -2.25. The molecule has 1 aromatic carbocycles. The summed E-state index contributed by atoms with van der Waals surface area (Å²) in [6, 6.07) is 7.35. The monoisotopic (exact) mass is 655 g/mol. The SMILES string of the molecule is CC(C)OC(=O)[C@@H](C)NP(=O)(OC[C@@H]1C[C@@](C)(Cl)[C@H](n2cc(I)c(=O)[nH]c2=O)O1)Oc1ccccc1. The van der Waals surface area contributed by atoms with Gasteiger partial charge in [-0.15, -0.1) is 11.6 Å². The molecule has 3 rings (SSSR count). The summed E-state index contributed by atoms with van der Waals surface area (Å²) in [7, 11) is -4.10. The third kappa shape index (κ3) is 7.42. The van der Waals surface area contributed by atoms with Crippen molar-refractivity contribution in [2.24, 2.45) is 0 Å². The van der Waals surface area contributed by atoms with Crippen LogP contribution in [0.2, 0.25) is 0 Å². The van der Waals surface area contributed by atoms with Gasteiger partial charge >= 0.3 is 19.4 Å². The van der Waals surface area contributed by atoms with E-state index in [4.69, 9.17) is 30.1 Å². The van der Waals surface area contributed by atoms with E-state index in [-0.39, 0.29) is 28.5 Å². The fraction of sp³-hybridized carbons (Fsp3) is 0.500. The first-order chi connectivity index (χ1) is 16.8. The van der Waals surface area contributed by atoms with E-state index in [9.17, 15) is 18.9 Å². The summed E-state index contributed by atoms with van der Waals surface area (Å²) in [5.74, 6) is -0.359. The van der Waals surface area contributed by atoms with Gasteiger partial charge in [0.05, 0.1) is 27.3 Å². The molecule has 0 bridgehead atoms. The van der Waals surface area contributed by atoms with Gasteiger partial charge in [-0.25, -0.2) is 9.36 Å². The predicted octanol–water partition coefficient (Wildman–Crippen LogP) is 3.56. The highest BCUT2D eigenvalue weighted by Crippen LogP contribution is 2.48. The number of carbonyl (C=O) groups is 1. The van der Waals surface area contributed by atoms with Crippen LogP contribution in [0.1, 0.15) is 40.3 Å². The van der Waals surface area contributed by atoms with Crippen molar-refractivity contribution >= 4 is 47.9 Å². The summed E-state index contributed by atoms with van der Waals surface area (Å²) in [5.41, 5.74) is -1.18. The summed E-state index contributed by atoms with van der Waals surface area (Å²) in [6.07, 6.45) is -0.364. The van der Waals surface area contributed by atoms with E-state index in [1.54, 1.807) is 73.7 Å². The predicted molar refractivity (Wildman–Crippen MR) is 141 cm³/mol. The Bertz CT molecular complexity index is 1240. The lowest BCUT2D eigenvalue weighted by atomic mass is 10.1. The van der Waals surface area contributed by atoms with E-state index in [1.165, 1.54) is 17.7 Å². The van der Waals surface area contributed by atoms with E-state index in [1.807, 2.05) is 0 Å². The third-order valence-electron chi connectivity index (χ3n) is 5.10. The molecule has 0 aliphatic carbocycles. The maximum Gasteiger partial charge on any atom is 0.459 e. The number of carbonyl (C=O) groups excluding carboxylic acids is 1. The molecule has 36 heavy (non-hydrogen) atoms. The summed E-state index contributed by atoms with van der Waals surface area (Å²) in [4.78, 5) is 37.6. The van der Waals surface area contributed by atoms with Crippen molar-refractivity contribution in [1.29, 1.82) is 0 Å². The van der Waals surface area contributed by atoms with Crippen LogP contribution in [0.25, 0.3) is 0 Å². The molecule has 0 saturated carbocycles. The topological polar surface area (TPSA) is 138 Å². The Morgan fingerprint density at radius 1 is 1.33 bits per heavy atom. The molecule has 0 spiro atoms. The van der Waals surface area contributed by atoms with Crippen LogP contribution in [-0.2, 0) is 23.4 Å². The largest absolute Gasteiger partial charge is 0.462 e. The zero-order chi connectivity index (χ0) is 26.7. The van der Waals surface area contributed by atoms with Gasteiger partial charge in [0.1, 0.15) is 11.8 Å². The minimum atomic E-state index is -4.10. The third-order valence-corrected chi connectivity index (χ3v) is 7.85. The highest BCUT2D eigenvalue weighted by molar-refractivity contribution is 14.1. The zero-order valence-corrected chi connectivity index (χ0v) is 23.9. The molecule has 1 fully saturated rings. The van der Waals surface area contributed by atoms with Crippen LogP contribution < -0.4 is 20.9 Å². The van der Waals surface area contributed by atoms with Gasteiger partial charge in [0, 0.05) is 6.20 Å². The average molecular weight is 656 g/mol. The van der Waals surface area contributed by atoms with Crippen molar-refractivity contribution < 1.29 is 27.9 Å². The number of nitrogens with one attached hydrogen (secondary N) is 2. The van der Waals surface area contributed by atoms with E-state index in [0.717, 1.165) is 0 Å². The van der Waals surface area contributed by atoms with E-state index in [0.29, 0.717) is 0 Å². The highest BCUT2D eigenvalue weighted by atomic mass is 127. The Hall–Kier alpha value is -1.70. The van der Waals surface area contributed by atoms with Crippen molar-refractivity contribution in [2.75, 3.05) is 6.61 Å². The van der Waals surface area contributed by atoms with E-state index in [2.05, 4.69) is 10.1 Å². The van der Waals surface area contributed by atoms with E-state index < -0.39 is 48.2 Å². The molecule has 2 aromatic rings. The summed E-state index contributed by atoms with van der Waals surface area (Å²) in [5, 5.41) is 2.61. The maximum absolute atomic E-state index is 13.6. The Labute approximate surface area is 226 Å². The number of nitrogens with zero attached hydrogens (tertiary/aromatic N) is 1. The maximum atomic E-state index is 13.6. The molecule has 1 aliphatic rings. The highest BCUT2D eigenvalue weighted by Gasteiger charge is 2.46. The molecule has 0 amide bonds. The van der Waals surface area contributed by atoms with Crippen molar-refractivity contribution in [3.63, 3.8) is 0 Å². The Balaban J connectivity index is 1.77. The first-order valence-electron chi connectivity index (χ1n) is 11.1. The molecular weight excluding hydrogens is 628 g/mol. The minimum Gasteiger partial charge on any atom is -0.462 e. The smallest absolute Gasteiger partial charge is 0.459 e. The van der Waals surface area contributed by atoms with Crippen LogP contribution in [0.3, 0.4) is 0 Å². The minimum absolute atomic E-state index is 0.225. The van der Waals surface area contributed by atoms with Gasteiger partial charge in [0.25, 0.3) is 5.56 Å². The molecule has 14 heteroatoms. The molecular formula is C22H28ClIN3O8P. The van der Waals surface area contributed by atoms with Gasteiger partial charge in [-0.1, -0.05) is 18.2 Å². The van der Waals surface area contributed by atoms with Crippen LogP contribution in [-0.4, -0.2) is 45.3 Å². The lowest BCUT2D eigenvalue weighted by molar-refractivity contribution is -0.149. The number of halogens is 2. The van der Waals surface area contributed by atoms with Gasteiger partial charge in [-0.2, -0.15) is 5.09 Å². The molecule has 5 atom stereocenters. The second kappa shape index (κ2) is 11.8. The molecule has 1 unspecified atom stereocenters. The average Bonchev–Trinajstić information content (AvgIpc) is 3.09. The molecule has 2 N–H and O–H groups in total. The van der Waals surface area contributed by atoms with Gasteiger partial charge in [-0.3, -0.25) is 23.7 Å². The fourth-order valence-corrected chi connectivity index (χ4v) is 5.81. The molecule has 198 valence electrons. The molecule has 1 aromatic heterocycles. The van der Waals surface area contributed by atoms with Crippen LogP contribution in [0.5, 0.6) is 5.75 Å². The van der Waals surface area contributed by atoms with Gasteiger partial charge in [-0.05, 0) is 68.8 Å². The summed E-state index contributed by atoms with van der Waals surface area (Å²) >= 11 is 8.47. The standard InChI is InChI=1S/C22H28ClIN3O8P/c1-13(2)33-19(29)14(3)26-36(31,35-15-8-6-5-7-9-15)32-12-16-10-22(4,23)20(34-16)27-11-17(24)18(28)25-21(27)30/h5-9,11,13-14,16,20H,10,12H2,1-4H3,(H,26,31)(H,25,28,30)/t14-,16+,20-,22-,36?/m1/s1. The number of rotatable bonds is 10. The van der Waals surface area contributed by atoms with E-state index >= 15 is 0 Å². The number of hydrogen-bond acceptors (Lipinski definition) is 8. The number of ether oxygens (including phenoxy) is 2. The Kier molecular flexibility index (Phi) is 9.45. The number of aromatic nitrogens is 2. The summed E-state index contributed by atoms with van der Waals surface area (Å²) < 4.78 is 37.6. The van der Waals surface area contributed by atoms with Crippen molar-refractivity contribution in [1.82, 2.24) is 14.6 Å². The molecule has 0 radical (unpaired) electrons. The van der Waals surface area contributed by atoms with Gasteiger partial charge in [0.15, 0.2) is 6.23 Å². The number of benzene rings is 1. The zero-order valence-electron chi connectivity index (χ0n) is 20.1. The quantitative estimate of drug-likeness (QED) is 0.170. The number of para-hydroxylation sites is 1. The number of H-pyrrole nitrogens is 1. The first kappa shape index (κ1) is 28.9. The number of aromatic amines is 1. The molecule has 1 aliphatic heterocycles. The van der Waals surface area contributed by atoms with Gasteiger partial charge in [0.2, 0.25) is 0 Å². The summed E-state index contributed by atoms with van der Waals surface area (Å²) in [6.45, 7) is 6.35. The first-order valence-corrected chi connectivity index (χ1v) is 14.1. The number of hydrogen-bond donors (Lipinski definition) is 2. The Morgan fingerprint density at radius 2 is 2.00 bits per heavy atom. The Morgan fingerprint density at radius 3 is 2.64 bits per heavy atom. The van der Waals surface area contributed by atoms with Gasteiger partial charge < -0.3 is 14.0 Å². The van der Waals surface area contributed by atoms with Crippen LogP contribution in [0.15, 0.2) is 46.1 Å². The van der Waals surface area contributed by atoms with Crippen molar-refractivity contribution in [3.8, 4) is 5.75 Å². The fourth-order valence-electron chi connectivity index (χ4n) is 3.52. The molecule has 1 saturated heterocycles. The second-order valence-electron chi connectivity index (χ2n) is 8.77. The van der Waals surface area contributed by atoms with Crippen LogP contribution >= 0.6 is 41.9 Å². The number of alkyl halides is 1. The van der Waals surface area contributed by atoms with Crippen molar-refractivity contribution in [3.05, 3.63) is 60.9 Å². The lowest BCUT2D eigenvalue weighted by Crippen LogP contribution is -2.38.